The molecule has 1 saturated heterocycles. The minimum atomic E-state index is -1.16. The van der Waals surface area contributed by atoms with E-state index in [1.807, 2.05) is 12.1 Å². The van der Waals surface area contributed by atoms with Gasteiger partial charge < -0.3 is 39.7 Å². The minimum absolute atomic E-state index is 0.0533. The predicted octanol–water partition coefficient (Wildman–Crippen LogP) is 1.11. The number of rotatable bonds is 10. The number of quaternary nitrogens is 1. The molecule has 1 saturated carbocycles. The molecular weight excluding hydrogens is 604 g/mol. The highest BCUT2D eigenvalue weighted by Gasteiger charge is 2.76. The molecule has 47 heavy (non-hydrogen) atoms. The standard InChI is InChI=1S/C35H42N4O8/c1-5-17-39(4)18-14-34-29-23-8-11-27(30(29)47-31(34)26(42)12-13-35(34,45)28(39)20-23)46-33(44)38(3)16-15-36-32(43)25(37-21(2)40)19-22-6-9-24(41)10-7-22/h5-11,25,28,31,45H,1,12-20H2,2-4H3,(H2-,36,37,40,41,43)/t25-,28+,31-,34-,35+,39?/m0/s1. The van der Waals surface area contributed by atoms with Gasteiger partial charge in [0.2, 0.25) is 11.8 Å². The van der Waals surface area contributed by atoms with Gasteiger partial charge in [-0.2, -0.15) is 0 Å². The van der Waals surface area contributed by atoms with Crippen LogP contribution < -0.4 is 25.2 Å². The summed E-state index contributed by atoms with van der Waals surface area (Å²) in [6, 6.07) is 8.62. The van der Waals surface area contributed by atoms with Crippen molar-refractivity contribution in [3.05, 3.63) is 65.7 Å². The second-order valence-electron chi connectivity index (χ2n) is 13.6. The van der Waals surface area contributed by atoms with Crippen molar-refractivity contribution in [1.82, 2.24) is 15.5 Å². The number of piperidine rings is 1. The Kier molecular flexibility index (Phi) is 8.29. The Labute approximate surface area is 273 Å². The molecule has 250 valence electrons. The first-order valence-electron chi connectivity index (χ1n) is 16.1. The topological polar surface area (TPSA) is 157 Å². The van der Waals surface area contributed by atoms with E-state index in [2.05, 4.69) is 24.3 Å². The molecule has 4 aliphatic rings. The average Bonchev–Trinajstić information content (AvgIpc) is 3.39. The van der Waals surface area contributed by atoms with E-state index < -0.39 is 35.2 Å². The van der Waals surface area contributed by atoms with Gasteiger partial charge in [0, 0.05) is 58.3 Å². The quantitative estimate of drug-likeness (QED) is 0.256. The van der Waals surface area contributed by atoms with Crippen LogP contribution in [-0.4, -0.2) is 102 Å². The molecule has 0 radical (unpaired) electrons. The first kappa shape index (κ1) is 32.5. The molecule has 2 fully saturated rings. The van der Waals surface area contributed by atoms with Gasteiger partial charge in [0.1, 0.15) is 17.7 Å². The fourth-order valence-electron chi connectivity index (χ4n) is 8.46. The van der Waals surface area contributed by atoms with Crippen LogP contribution in [0.3, 0.4) is 0 Å². The van der Waals surface area contributed by atoms with Crippen LogP contribution in [0.2, 0.25) is 0 Å². The largest absolute Gasteiger partial charge is 0.872 e. The molecule has 6 rings (SSSR count). The summed E-state index contributed by atoms with van der Waals surface area (Å²) >= 11 is 0. The normalized spacial score (nSPS) is 28.7. The van der Waals surface area contributed by atoms with Crippen LogP contribution in [0.4, 0.5) is 4.79 Å². The fourth-order valence-corrected chi connectivity index (χ4v) is 8.46. The van der Waals surface area contributed by atoms with E-state index in [0.717, 1.165) is 17.7 Å². The molecule has 3 amide bonds. The molecule has 12 nitrogen and oxygen atoms in total. The van der Waals surface area contributed by atoms with E-state index in [-0.39, 0.29) is 55.2 Å². The number of hydrogen-bond acceptors (Lipinski definition) is 8. The SMILES string of the molecule is C=CC[N+]1(C)CC[C@]23c4c5ccc(OC(=O)N(C)CCNC(=O)[C@H](Cc6ccc([O-])cc6)NC(C)=O)c4O[C@H]2C(=O)CC[C@@]3(O)[C@H]1C5. The number of likely N-dealkylation sites (tertiary alicyclic amines) is 1. The van der Waals surface area contributed by atoms with Crippen molar-refractivity contribution in [3.8, 4) is 17.2 Å². The predicted molar refractivity (Wildman–Crippen MR) is 169 cm³/mol. The maximum Gasteiger partial charge on any atom is 0.415 e. The first-order valence-corrected chi connectivity index (χ1v) is 16.1. The number of nitrogens with one attached hydrogen (secondary N) is 2. The van der Waals surface area contributed by atoms with E-state index in [4.69, 9.17) is 9.47 Å². The van der Waals surface area contributed by atoms with Gasteiger partial charge in [-0.1, -0.05) is 36.9 Å². The maximum atomic E-state index is 13.3. The van der Waals surface area contributed by atoms with E-state index in [9.17, 15) is 29.4 Å². The number of aliphatic hydroxyl groups is 1. The van der Waals surface area contributed by atoms with Crippen LogP contribution in [0.1, 0.15) is 42.9 Å². The monoisotopic (exact) mass is 646 g/mol. The van der Waals surface area contributed by atoms with Crippen LogP contribution >= 0.6 is 0 Å². The number of hydrogen-bond donors (Lipinski definition) is 3. The van der Waals surface area contributed by atoms with Crippen molar-refractivity contribution >= 4 is 23.7 Å². The van der Waals surface area contributed by atoms with Gasteiger partial charge in [-0.15, -0.1) is 5.75 Å². The average molecular weight is 647 g/mol. The van der Waals surface area contributed by atoms with Gasteiger partial charge in [-0.25, -0.2) is 4.79 Å². The smallest absolute Gasteiger partial charge is 0.415 e. The van der Waals surface area contributed by atoms with Gasteiger partial charge in [0.15, 0.2) is 23.4 Å². The maximum absolute atomic E-state index is 13.3. The first-order chi connectivity index (χ1) is 22.3. The Morgan fingerprint density at radius 2 is 1.98 bits per heavy atom. The number of carbonyl (C=O) groups is 4. The Morgan fingerprint density at radius 3 is 2.68 bits per heavy atom. The highest BCUT2D eigenvalue weighted by atomic mass is 16.6. The zero-order chi connectivity index (χ0) is 33.7. The van der Waals surface area contributed by atoms with Crippen molar-refractivity contribution in [3.63, 3.8) is 0 Å². The van der Waals surface area contributed by atoms with E-state index in [1.54, 1.807) is 18.2 Å². The summed E-state index contributed by atoms with van der Waals surface area (Å²) in [5.41, 5.74) is 0.427. The van der Waals surface area contributed by atoms with Crippen LogP contribution in [0.25, 0.3) is 0 Å². The Balaban J connectivity index is 1.15. The zero-order valence-corrected chi connectivity index (χ0v) is 27.0. The fraction of sp³-hybridized carbons (Fsp3) is 0.486. The number of amides is 3. The molecule has 1 unspecified atom stereocenters. The number of carbonyl (C=O) groups excluding carboxylic acids is 4. The second-order valence-corrected chi connectivity index (χ2v) is 13.6. The third-order valence-corrected chi connectivity index (χ3v) is 10.7. The number of ketones is 1. The number of ether oxygens (including phenoxy) is 2. The number of nitrogens with zero attached hydrogens (tertiary/aromatic N) is 2. The summed E-state index contributed by atoms with van der Waals surface area (Å²) in [4.78, 5) is 52.6. The van der Waals surface area contributed by atoms with Crippen molar-refractivity contribution in [2.75, 3.05) is 40.3 Å². The third kappa shape index (κ3) is 5.33. The molecule has 3 N–H and O–H groups in total. The summed E-state index contributed by atoms with van der Waals surface area (Å²) < 4.78 is 12.8. The van der Waals surface area contributed by atoms with E-state index in [0.29, 0.717) is 41.6 Å². The molecule has 12 heteroatoms. The molecule has 2 aliphatic heterocycles. The molecule has 2 heterocycles. The van der Waals surface area contributed by atoms with Crippen molar-refractivity contribution in [2.24, 2.45) is 0 Å². The Bertz CT molecular complexity index is 1630. The molecule has 1 spiro atoms. The van der Waals surface area contributed by atoms with Gasteiger partial charge in [0.25, 0.3) is 0 Å². The Hall–Kier alpha value is -4.42. The number of likely N-dealkylation sites (N-methyl/N-ethyl adjacent to an activating group) is 2. The van der Waals surface area contributed by atoms with E-state index in [1.165, 1.54) is 31.0 Å². The summed E-state index contributed by atoms with van der Waals surface area (Å²) in [5, 5.41) is 29.3. The third-order valence-electron chi connectivity index (χ3n) is 10.7. The highest BCUT2D eigenvalue weighted by molar-refractivity contribution is 5.90. The molecule has 2 bridgehead atoms. The van der Waals surface area contributed by atoms with Crippen molar-refractivity contribution < 1.29 is 43.3 Å². The molecule has 2 aromatic rings. The van der Waals surface area contributed by atoms with Crippen molar-refractivity contribution in [1.29, 1.82) is 0 Å². The van der Waals surface area contributed by atoms with Crippen LogP contribution in [0, 0.1) is 0 Å². The van der Waals surface area contributed by atoms with Crippen LogP contribution in [0.15, 0.2) is 49.1 Å². The summed E-state index contributed by atoms with van der Waals surface area (Å²) in [6.07, 6.45) is 2.28. The second kappa shape index (κ2) is 12.0. The van der Waals surface area contributed by atoms with Gasteiger partial charge in [-0.3, -0.25) is 14.4 Å². The lowest BCUT2D eigenvalue weighted by atomic mass is 9.48. The number of Topliss-reactive ketones (excluding diaryl/α,β-unsaturated/α-hetero) is 1. The van der Waals surface area contributed by atoms with Crippen LogP contribution in [0.5, 0.6) is 17.2 Å². The van der Waals surface area contributed by atoms with Gasteiger partial charge in [0.05, 0.1) is 25.6 Å². The van der Waals surface area contributed by atoms with Crippen molar-refractivity contribution in [2.45, 2.75) is 68.2 Å². The lowest BCUT2D eigenvalue weighted by molar-refractivity contribution is -0.944. The summed E-state index contributed by atoms with van der Waals surface area (Å²) in [6.45, 7) is 6.92. The summed E-state index contributed by atoms with van der Waals surface area (Å²) in [5.74, 6) is -0.482. The molecule has 0 aromatic heterocycles. The van der Waals surface area contributed by atoms with Crippen LogP contribution in [-0.2, 0) is 32.6 Å². The lowest BCUT2D eigenvalue weighted by Gasteiger charge is -2.64. The lowest BCUT2D eigenvalue weighted by Crippen LogP contribution is -2.80. The number of benzene rings is 2. The van der Waals surface area contributed by atoms with Gasteiger partial charge in [-0.05, 0) is 29.7 Å². The molecule has 2 aromatic carbocycles. The zero-order valence-electron chi connectivity index (χ0n) is 27.0. The minimum Gasteiger partial charge on any atom is -0.872 e. The summed E-state index contributed by atoms with van der Waals surface area (Å²) in [7, 11) is 3.68. The molecule has 2 aliphatic carbocycles. The molecule has 6 atom stereocenters. The van der Waals surface area contributed by atoms with E-state index >= 15 is 0 Å². The highest BCUT2D eigenvalue weighted by Crippen LogP contribution is 2.65. The van der Waals surface area contributed by atoms with Gasteiger partial charge >= 0.3 is 6.09 Å². The Morgan fingerprint density at radius 1 is 1.23 bits per heavy atom. The molecular formula is C35H42N4O8.